The topological polar surface area (TPSA) is 51.1 Å². The van der Waals surface area contributed by atoms with Gasteiger partial charge in [-0.2, -0.15) is 0 Å². The third-order valence-electron chi connectivity index (χ3n) is 2.57. The van der Waals surface area contributed by atoms with Crippen molar-refractivity contribution in [3.05, 3.63) is 29.6 Å². The Morgan fingerprint density at radius 1 is 1.44 bits per heavy atom. The fourth-order valence-corrected chi connectivity index (χ4v) is 2.05. The van der Waals surface area contributed by atoms with Crippen LogP contribution < -0.4 is 9.64 Å². The van der Waals surface area contributed by atoms with Gasteiger partial charge < -0.3 is 9.64 Å². The van der Waals surface area contributed by atoms with Gasteiger partial charge in [0.15, 0.2) is 0 Å². The molecule has 1 aromatic heterocycles. The third-order valence-corrected chi connectivity index (χ3v) is 3.29. The highest BCUT2D eigenvalue weighted by atomic mass is 32.1. The Morgan fingerprint density at radius 3 is 2.94 bits per heavy atom. The summed E-state index contributed by atoms with van der Waals surface area (Å²) < 4.78 is 22.1. The van der Waals surface area contributed by atoms with Crippen molar-refractivity contribution in [3.8, 4) is 5.75 Å². The predicted molar refractivity (Wildman–Crippen MR) is 67.6 cm³/mol. The first-order valence-corrected chi connectivity index (χ1v) is 6.16. The average Bonchev–Trinajstić information content (AvgIpc) is 2.90. The molecule has 0 N–H and O–H groups in total. The van der Waals surface area contributed by atoms with E-state index < -0.39 is 0 Å². The highest BCUT2D eigenvalue weighted by Crippen LogP contribution is 2.21. The number of hydrogen-bond acceptors (Lipinski definition) is 6. The van der Waals surface area contributed by atoms with Crippen molar-refractivity contribution in [1.82, 2.24) is 14.8 Å². The summed E-state index contributed by atoms with van der Waals surface area (Å²) in [6, 6.07) is 4.52. The Balaban J connectivity index is 2.03. The minimum atomic E-state index is -0.258. The van der Waals surface area contributed by atoms with Crippen LogP contribution in [0.1, 0.15) is 5.56 Å². The van der Waals surface area contributed by atoms with Gasteiger partial charge in [0.1, 0.15) is 11.6 Å². The standard InChI is InChI=1S/C11H13FN4OS/c1-16(11-13-14-15-18-11)6-5-8-7-9(12)3-4-10(8)17-2/h3-4,7H,5-6H2,1-2H3. The zero-order valence-corrected chi connectivity index (χ0v) is 10.9. The van der Waals surface area contributed by atoms with E-state index in [0.29, 0.717) is 18.7 Å². The van der Waals surface area contributed by atoms with E-state index in [-0.39, 0.29) is 5.82 Å². The predicted octanol–water partition coefficient (Wildman–Crippen LogP) is 1.76. The Morgan fingerprint density at radius 2 is 2.28 bits per heavy atom. The van der Waals surface area contributed by atoms with Crippen LogP contribution in [0.4, 0.5) is 9.52 Å². The molecule has 1 heterocycles. The number of hydrogen-bond donors (Lipinski definition) is 0. The smallest absolute Gasteiger partial charge is 0.227 e. The summed E-state index contributed by atoms with van der Waals surface area (Å²) in [5.41, 5.74) is 0.835. The molecule has 96 valence electrons. The molecule has 0 atom stereocenters. The van der Waals surface area contributed by atoms with Crippen molar-refractivity contribution >= 4 is 16.7 Å². The van der Waals surface area contributed by atoms with E-state index in [1.54, 1.807) is 13.2 Å². The van der Waals surface area contributed by atoms with Gasteiger partial charge in [-0.3, -0.25) is 0 Å². The van der Waals surface area contributed by atoms with Gasteiger partial charge in [-0.15, -0.1) is 0 Å². The number of likely N-dealkylation sites (N-methyl/N-ethyl adjacent to an activating group) is 1. The molecule has 7 heteroatoms. The first kappa shape index (κ1) is 12.7. The molecule has 0 saturated carbocycles. The van der Waals surface area contributed by atoms with Crippen LogP contribution in [-0.2, 0) is 6.42 Å². The highest BCUT2D eigenvalue weighted by molar-refractivity contribution is 7.09. The number of halogens is 1. The maximum absolute atomic E-state index is 13.2. The second-order valence-corrected chi connectivity index (χ2v) is 4.48. The molecular weight excluding hydrogens is 255 g/mol. The van der Waals surface area contributed by atoms with Crippen LogP contribution in [0, 0.1) is 5.82 Å². The van der Waals surface area contributed by atoms with Gasteiger partial charge >= 0.3 is 0 Å². The fourth-order valence-electron chi connectivity index (χ4n) is 1.60. The molecule has 0 aliphatic carbocycles. The Hall–Kier alpha value is -1.76. The van der Waals surface area contributed by atoms with Crippen molar-refractivity contribution < 1.29 is 9.13 Å². The molecule has 0 aliphatic heterocycles. The van der Waals surface area contributed by atoms with E-state index in [1.165, 1.54) is 23.7 Å². The van der Waals surface area contributed by atoms with Gasteiger partial charge in [0.2, 0.25) is 5.13 Å². The zero-order valence-electron chi connectivity index (χ0n) is 10.1. The second-order valence-electron chi connectivity index (χ2n) is 3.77. The number of anilines is 1. The highest BCUT2D eigenvalue weighted by Gasteiger charge is 2.09. The molecule has 0 unspecified atom stereocenters. The number of aromatic nitrogens is 3. The van der Waals surface area contributed by atoms with Crippen molar-refractivity contribution in [2.45, 2.75) is 6.42 Å². The van der Waals surface area contributed by atoms with Gasteiger partial charge in [0.05, 0.1) is 7.11 Å². The van der Waals surface area contributed by atoms with Crippen LogP contribution >= 0.6 is 11.5 Å². The maximum atomic E-state index is 13.2. The van der Waals surface area contributed by atoms with E-state index in [0.717, 1.165) is 10.7 Å². The normalized spacial score (nSPS) is 10.4. The number of methoxy groups -OCH3 is 1. The third kappa shape index (κ3) is 2.92. The van der Waals surface area contributed by atoms with Crippen LogP contribution in [0.2, 0.25) is 0 Å². The molecule has 1 aromatic carbocycles. The Bertz CT molecular complexity index is 506. The number of rotatable bonds is 5. The molecule has 0 radical (unpaired) electrons. The number of nitrogens with zero attached hydrogens (tertiary/aromatic N) is 4. The summed E-state index contributed by atoms with van der Waals surface area (Å²) in [5.74, 6) is 0.436. The van der Waals surface area contributed by atoms with E-state index in [2.05, 4.69) is 14.8 Å². The molecule has 0 bridgehead atoms. The first-order chi connectivity index (χ1) is 8.70. The zero-order chi connectivity index (χ0) is 13.0. The van der Waals surface area contributed by atoms with Gasteiger partial charge in [-0.25, -0.2) is 4.39 Å². The van der Waals surface area contributed by atoms with E-state index >= 15 is 0 Å². The Kier molecular flexibility index (Phi) is 4.03. The van der Waals surface area contributed by atoms with Gasteiger partial charge in [-0.05, 0) is 35.4 Å². The monoisotopic (exact) mass is 268 g/mol. The molecule has 0 amide bonds. The molecule has 0 saturated heterocycles. The van der Waals surface area contributed by atoms with Crippen molar-refractivity contribution in [1.29, 1.82) is 0 Å². The van der Waals surface area contributed by atoms with Crippen LogP contribution in [0.15, 0.2) is 18.2 Å². The van der Waals surface area contributed by atoms with E-state index in [4.69, 9.17) is 4.74 Å². The van der Waals surface area contributed by atoms with Crippen LogP contribution in [0.3, 0.4) is 0 Å². The van der Waals surface area contributed by atoms with Crippen molar-refractivity contribution in [3.63, 3.8) is 0 Å². The van der Waals surface area contributed by atoms with Crippen LogP contribution in [0.5, 0.6) is 5.75 Å². The largest absolute Gasteiger partial charge is 0.496 e. The molecule has 0 fully saturated rings. The van der Waals surface area contributed by atoms with E-state index in [9.17, 15) is 4.39 Å². The molecule has 5 nitrogen and oxygen atoms in total. The summed E-state index contributed by atoms with van der Waals surface area (Å²) in [6.07, 6.45) is 0.664. The van der Waals surface area contributed by atoms with Crippen LogP contribution in [0.25, 0.3) is 0 Å². The lowest BCUT2D eigenvalue weighted by Crippen LogP contribution is -2.20. The lowest BCUT2D eigenvalue weighted by atomic mass is 10.1. The number of benzene rings is 1. The average molecular weight is 268 g/mol. The van der Waals surface area contributed by atoms with Gasteiger partial charge in [0, 0.05) is 25.1 Å². The molecule has 2 aromatic rings. The summed E-state index contributed by atoms with van der Waals surface area (Å²) in [4.78, 5) is 1.93. The summed E-state index contributed by atoms with van der Waals surface area (Å²) in [5, 5.41) is 8.15. The molecular formula is C11H13FN4OS. The Labute approximate surface area is 108 Å². The maximum Gasteiger partial charge on any atom is 0.227 e. The van der Waals surface area contributed by atoms with E-state index in [1.807, 2.05) is 11.9 Å². The summed E-state index contributed by atoms with van der Waals surface area (Å²) in [6.45, 7) is 0.691. The lowest BCUT2D eigenvalue weighted by Gasteiger charge is -2.15. The first-order valence-electron chi connectivity index (χ1n) is 5.39. The summed E-state index contributed by atoms with van der Waals surface area (Å²) >= 11 is 1.23. The van der Waals surface area contributed by atoms with Crippen molar-refractivity contribution in [2.24, 2.45) is 0 Å². The lowest BCUT2D eigenvalue weighted by molar-refractivity contribution is 0.408. The molecule has 0 spiro atoms. The SMILES string of the molecule is COc1ccc(F)cc1CCN(C)c1nnns1. The summed E-state index contributed by atoms with van der Waals surface area (Å²) in [7, 11) is 3.48. The minimum absolute atomic E-state index is 0.258. The molecule has 18 heavy (non-hydrogen) atoms. The van der Waals surface area contributed by atoms with Crippen molar-refractivity contribution in [2.75, 3.05) is 25.6 Å². The molecule has 0 aliphatic rings. The second kappa shape index (κ2) is 5.72. The minimum Gasteiger partial charge on any atom is -0.496 e. The molecule has 2 rings (SSSR count). The number of ether oxygens (including phenoxy) is 1. The van der Waals surface area contributed by atoms with Gasteiger partial charge in [-0.1, -0.05) is 9.59 Å². The van der Waals surface area contributed by atoms with Gasteiger partial charge in [0.25, 0.3) is 0 Å². The van der Waals surface area contributed by atoms with Crippen LogP contribution in [-0.4, -0.2) is 35.5 Å². The fraction of sp³-hybridized carbons (Fsp3) is 0.364. The quantitative estimate of drug-likeness (QED) is 0.827.